The van der Waals surface area contributed by atoms with Crippen molar-refractivity contribution in [1.29, 1.82) is 0 Å². The number of nitro groups is 1. The molecule has 1 aromatic rings. The van der Waals surface area contributed by atoms with E-state index in [-0.39, 0.29) is 11.6 Å². The first kappa shape index (κ1) is 12.9. The van der Waals surface area contributed by atoms with E-state index in [0.717, 1.165) is 11.1 Å². The summed E-state index contributed by atoms with van der Waals surface area (Å²) >= 11 is 0. The van der Waals surface area contributed by atoms with Crippen LogP contribution in [0.5, 0.6) is 0 Å². The van der Waals surface area contributed by atoms with Gasteiger partial charge in [0.05, 0.1) is 4.92 Å². The number of aryl methyl sites for hydroxylation is 1. The lowest BCUT2D eigenvalue weighted by molar-refractivity contribution is -0.384. The molecular weight excluding hydrogens is 220 g/mol. The molecule has 1 rings (SSSR count). The van der Waals surface area contributed by atoms with Crippen molar-refractivity contribution in [1.82, 2.24) is 5.32 Å². The molecule has 1 amide bonds. The van der Waals surface area contributed by atoms with Crippen molar-refractivity contribution in [2.24, 2.45) is 0 Å². The maximum atomic E-state index is 10.6. The van der Waals surface area contributed by atoms with Gasteiger partial charge in [-0.15, -0.1) is 0 Å². The quantitative estimate of drug-likeness (QED) is 0.640. The summed E-state index contributed by atoms with van der Waals surface area (Å²) in [6.45, 7) is 3.71. The van der Waals surface area contributed by atoms with Crippen molar-refractivity contribution >= 4 is 17.7 Å². The fourth-order valence-electron chi connectivity index (χ4n) is 1.35. The van der Waals surface area contributed by atoms with Crippen LogP contribution in [0.25, 0.3) is 6.08 Å². The minimum absolute atomic E-state index is 0.0847. The Hall–Kier alpha value is -2.17. The number of non-ortho nitro benzene ring substituents is 1. The van der Waals surface area contributed by atoms with Gasteiger partial charge in [-0.05, 0) is 24.1 Å². The average Bonchev–Trinajstić information content (AvgIpc) is 2.25. The van der Waals surface area contributed by atoms with Crippen molar-refractivity contribution in [3.63, 3.8) is 0 Å². The first-order chi connectivity index (χ1) is 8.00. The van der Waals surface area contributed by atoms with Gasteiger partial charge < -0.3 is 5.32 Å². The Morgan fingerprint density at radius 2 is 2.24 bits per heavy atom. The van der Waals surface area contributed by atoms with Crippen molar-refractivity contribution < 1.29 is 9.72 Å². The summed E-state index contributed by atoms with van der Waals surface area (Å²) in [6.07, 6.45) is 3.63. The number of benzene rings is 1. The molecule has 0 aliphatic heterocycles. The van der Waals surface area contributed by atoms with Gasteiger partial charge in [-0.25, -0.2) is 0 Å². The van der Waals surface area contributed by atoms with E-state index in [4.69, 9.17) is 0 Å². The molecule has 0 heterocycles. The van der Waals surface area contributed by atoms with Crippen LogP contribution >= 0.6 is 0 Å². The maximum Gasteiger partial charge on any atom is 0.269 e. The van der Waals surface area contributed by atoms with Crippen LogP contribution in [0.3, 0.4) is 0 Å². The number of rotatable bonds is 4. The molecular formula is C12H14N2O3. The Morgan fingerprint density at radius 1 is 1.53 bits per heavy atom. The van der Waals surface area contributed by atoms with Crippen molar-refractivity contribution in [2.75, 3.05) is 6.54 Å². The molecule has 0 saturated heterocycles. The predicted molar refractivity (Wildman–Crippen MR) is 65.6 cm³/mol. The molecule has 17 heavy (non-hydrogen) atoms. The number of nitrogens with zero attached hydrogens (tertiary/aromatic N) is 1. The van der Waals surface area contributed by atoms with Crippen LogP contribution in [-0.4, -0.2) is 17.4 Å². The number of carbonyl (C=O) groups is 1. The zero-order valence-electron chi connectivity index (χ0n) is 9.77. The Kier molecular flexibility index (Phi) is 4.39. The number of nitrogens with one attached hydrogen (secondary N) is 1. The summed E-state index contributed by atoms with van der Waals surface area (Å²) in [5, 5.41) is 13.2. The topological polar surface area (TPSA) is 72.2 Å². The van der Waals surface area contributed by atoms with Gasteiger partial charge in [0.15, 0.2) is 0 Å². The molecule has 0 radical (unpaired) electrons. The number of amides is 1. The molecule has 0 unspecified atom stereocenters. The second-order valence-corrected chi connectivity index (χ2v) is 3.64. The fraction of sp³-hybridized carbons (Fsp3) is 0.250. The van der Waals surface area contributed by atoms with Crippen LogP contribution < -0.4 is 5.32 Å². The highest BCUT2D eigenvalue weighted by atomic mass is 16.6. The SMILES string of the molecule is CC(=O)NCC=Cc1ccc([N+](=O)[O-])cc1C. The molecule has 0 saturated carbocycles. The van der Waals surface area contributed by atoms with Crippen molar-refractivity contribution in [3.8, 4) is 0 Å². The monoisotopic (exact) mass is 234 g/mol. The fourth-order valence-corrected chi connectivity index (χ4v) is 1.35. The number of nitro benzene ring substituents is 1. The van der Waals surface area contributed by atoms with Gasteiger partial charge in [0.25, 0.3) is 5.69 Å². The molecule has 1 aromatic carbocycles. The minimum Gasteiger partial charge on any atom is -0.353 e. The highest BCUT2D eigenvalue weighted by Crippen LogP contribution is 2.17. The second-order valence-electron chi connectivity index (χ2n) is 3.64. The zero-order valence-corrected chi connectivity index (χ0v) is 9.77. The molecule has 0 aliphatic carbocycles. The van der Waals surface area contributed by atoms with Gasteiger partial charge in [-0.3, -0.25) is 14.9 Å². The largest absolute Gasteiger partial charge is 0.353 e. The van der Waals surface area contributed by atoms with Gasteiger partial charge >= 0.3 is 0 Å². The van der Waals surface area contributed by atoms with Gasteiger partial charge in [-0.2, -0.15) is 0 Å². The van der Waals surface area contributed by atoms with Crippen LogP contribution in [0.4, 0.5) is 5.69 Å². The van der Waals surface area contributed by atoms with E-state index in [9.17, 15) is 14.9 Å². The van der Waals surface area contributed by atoms with Gasteiger partial charge in [-0.1, -0.05) is 12.2 Å². The molecule has 1 N–H and O–H groups in total. The number of hydrogen-bond donors (Lipinski definition) is 1. The second kappa shape index (κ2) is 5.79. The molecule has 5 nitrogen and oxygen atoms in total. The van der Waals surface area contributed by atoms with Gasteiger partial charge in [0, 0.05) is 25.6 Å². The van der Waals surface area contributed by atoms with Crippen LogP contribution in [0, 0.1) is 17.0 Å². The lowest BCUT2D eigenvalue weighted by Crippen LogP contribution is -2.19. The number of carbonyl (C=O) groups excluding carboxylic acids is 1. The first-order valence-electron chi connectivity index (χ1n) is 5.16. The maximum absolute atomic E-state index is 10.6. The standard InChI is InChI=1S/C12H14N2O3/c1-9-8-12(14(16)17)6-5-11(9)4-3-7-13-10(2)15/h3-6,8H,7H2,1-2H3,(H,13,15). The highest BCUT2D eigenvalue weighted by Gasteiger charge is 2.05. The Balaban J connectivity index is 2.72. The van der Waals surface area contributed by atoms with Gasteiger partial charge in [0.1, 0.15) is 0 Å². The molecule has 0 aliphatic rings. The Labute approximate surface area is 99.3 Å². The van der Waals surface area contributed by atoms with E-state index in [1.54, 1.807) is 12.1 Å². The van der Waals surface area contributed by atoms with E-state index in [2.05, 4.69) is 5.32 Å². The molecule has 0 bridgehead atoms. The normalized spacial score (nSPS) is 10.5. The zero-order chi connectivity index (χ0) is 12.8. The summed E-state index contributed by atoms with van der Waals surface area (Å²) in [4.78, 5) is 20.7. The summed E-state index contributed by atoms with van der Waals surface area (Å²) in [7, 11) is 0. The van der Waals surface area contributed by atoms with Crippen LogP contribution in [0.2, 0.25) is 0 Å². The van der Waals surface area contributed by atoms with Crippen LogP contribution in [-0.2, 0) is 4.79 Å². The van der Waals surface area contributed by atoms with Crippen LogP contribution in [0.15, 0.2) is 24.3 Å². The average molecular weight is 234 g/mol. The van der Waals surface area contributed by atoms with Crippen molar-refractivity contribution in [3.05, 3.63) is 45.5 Å². The highest BCUT2D eigenvalue weighted by molar-refractivity contribution is 5.73. The molecule has 0 atom stereocenters. The molecule has 5 heteroatoms. The first-order valence-corrected chi connectivity index (χ1v) is 5.16. The third-order valence-electron chi connectivity index (χ3n) is 2.23. The predicted octanol–water partition coefficient (Wildman–Crippen LogP) is 2.05. The van der Waals surface area contributed by atoms with E-state index in [1.807, 2.05) is 13.0 Å². The molecule has 0 aromatic heterocycles. The summed E-state index contributed by atoms with van der Waals surface area (Å²) < 4.78 is 0. The summed E-state index contributed by atoms with van der Waals surface area (Å²) in [5.74, 6) is -0.0879. The van der Waals surface area contributed by atoms with Crippen LogP contribution in [0.1, 0.15) is 18.1 Å². The minimum atomic E-state index is -0.419. The molecule has 0 spiro atoms. The van der Waals surface area contributed by atoms with E-state index in [1.165, 1.54) is 19.1 Å². The molecule has 90 valence electrons. The Bertz CT molecular complexity index is 467. The lowest BCUT2D eigenvalue weighted by Gasteiger charge is -2.00. The third-order valence-corrected chi connectivity index (χ3v) is 2.23. The summed E-state index contributed by atoms with van der Waals surface area (Å²) in [6, 6.07) is 4.68. The third kappa shape index (κ3) is 4.06. The van der Waals surface area contributed by atoms with E-state index >= 15 is 0 Å². The molecule has 0 fully saturated rings. The van der Waals surface area contributed by atoms with E-state index < -0.39 is 4.92 Å². The van der Waals surface area contributed by atoms with Gasteiger partial charge in [0.2, 0.25) is 5.91 Å². The van der Waals surface area contributed by atoms with E-state index in [0.29, 0.717) is 6.54 Å². The smallest absolute Gasteiger partial charge is 0.269 e. The number of hydrogen-bond acceptors (Lipinski definition) is 3. The van der Waals surface area contributed by atoms with Crippen molar-refractivity contribution in [2.45, 2.75) is 13.8 Å². The summed E-state index contributed by atoms with van der Waals surface area (Å²) in [5.41, 5.74) is 1.82. The lowest BCUT2D eigenvalue weighted by atomic mass is 10.1. The Morgan fingerprint density at radius 3 is 2.76 bits per heavy atom.